The lowest BCUT2D eigenvalue weighted by Crippen LogP contribution is -2.36. The molecule has 25 heavy (non-hydrogen) atoms. The Kier molecular flexibility index (Phi) is 13.0. The van der Waals surface area contributed by atoms with Crippen LogP contribution in [0.5, 0.6) is 0 Å². The number of likely N-dealkylation sites (tertiary alicyclic amines) is 1. The number of carbonyl (C=O) groups is 1. The molecule has 1 aliphatic rings. The van der Waals surface area contributed by atoms with Crippen LogP contribution in [-0.4, -0.2) is 55.5 Å². The topological polar surface area (TPSA) is 35.6 Å². The average Bonchev–Trinajstić information content (AvgIpc) is 3.00. The second-order valence-electron chi connectivity index (χ2n) is 6.51. The Hall–Kier alpha value is -0.810. The Morgan fingerprint density at radius 1 is 1.28 bits per heavy atom. The van der Waals surface area contributed by atoms with Crippen LogP contribution >= 0.6 is 24.8 Å². The Morgan fingerprint density at radius 3 is 2.64 bits per heavy atom. The van der Waals surface area contributed by atoms with Crippen molar-refractivity contribution in [3.63, 3.8) is 0 Å². The van der Waals surface area contributed by atoms with Gasteiger partial charge in [-0.05, 0) is 51.4 Å². The molecule has 1 atom stereocenters. The molecule has 1 aliphatic heterocycles. The van der Waals surface area contributed by atoms with Gasteiger partial charge in [-0.1, -0.05) is 30.3 Å². The lowest BCUT2D eigenvalue weighted by Gasteiger charge is -2.25. The zero-order valence-corrected chi connectivity index (χ0v) is 17.1. The highest BCUT2D eigenvalue weighted by Gasteiger charge is 2.25. The summed E-state index contributed by atoms with van der Waals surface area (Å²) in [5.41, 5.74) is 1.38. The summed E-state index contributed by atoms with van der Waals surface area (Å²) in [6.07, 6.45) is 2.79. The summed E-state index contributed by atoms with van der Waals surface area (Å²) >= 11 is 0. The third-order valence-corrected chi connectivity index (χ3v) is 4.65. The maximum atomic E-state index is 12.3. The molecule has 0 aromatic heterocycles. The Bertz CT molecular complexity index is 473. The highest BCUT2D eigenvalue weighted by Crippen LogP contribution is 2.20. The molecule has 1 aromatic carbocycles. The quantitative estimate of drug-likeness (QED) is 0.658. The van der Waals surface area contributed by atoms with Gasteiger partial charge >= 0.3 is 0 Å². The largest absolute Gasteiger partial charge is 0.343 e. The van der Waals surface area contributed by atoms with Crippen molar-refractivity contribution in [2.24, 2.45) is 5.92 Å². The standard InChI is InChI=1S/C19H31N3O.2ClH/c1-3-22(19(23)10-7-12-20-2)16-18-11-13-21(15-18)14-17-8-5-4-6-9-17;;/h4-6,8-9,18,20H,3,7,10-16H2,1-2H3;2*1H. The summed E-state index contributed by atoms with van der Waals surface area (Å²) in [4.78, 5) is 16.9. The fourth-order valence-corrected chi connectivity index (χ4v) is 3.34. The van der Waals surface area contributed by atoms with Crippen LogP contribution in [0.15, 0.2) is 30.3 Å². The molecule has 1 fully saturated rings. The molecule has 144 valence electrons. The first kappa shape index (κ1) is 24.2. The van der Waals surface area contributed by atoms with Crippen LogP contribution in [0, 0.1) is 5.92 Å². The van der Waals surface area contributed by atoms with E-state index in [2.05, 4.69) is 47.5 Å². The van der Waals surface area contributed by atoms with E-state index in [1.54, 1.807) is 0 Å². The van der Waals surface area contributed by atoms with Crippen LogP contribution in [0.3, 0.4) is 0 Å². The highest BCUT2D eigenvalue weighted by molar-refractivity contribution is 5.85. The number of amides is 1. The molecule has 4 nitrogen and oxygen atoms in total. The van der Waals surface area contributed by atoms with Crippen molar-refractivity contribution in [2.45, 2.75) is 32.7 Å². The number of carbonyl (C=O) groups excluding carboxylic acids is 1. The maximum absolute atomic E-state index is 12.3. The van der Waals surface area contributed by atoms with E-state index in [1.165, 1.54) is 12.0 Å². The van der Waals surface area contributed by atoms with Crippen molar-refractivity contribution in [1.29, 1.82) is 0 Å². The molecular weight excluding hydrogens is 357 g/mol. The minimum Gasteiger partial charge on any atom is -0.343 e. The van der Waals surface area contributed by atoms with Gasteiger partial charge in [0.1, 0.15) is 0 Å². The summed E-state index contributed by atoms with van der Waals surface area (Å²) in [5, 5.41) is 3.10. The van der Waals surface area contributed by atoms with Gasteiger partial charge in [-0.2, -0.15) is 0 Å². The van der Waals surface area contributed by atoms with Crippen LogP contribution in [0.1, 0.15) is 31.7 Å². The van der Waals surface area contributed by atoms with Crippen LogP contribution in [0.4, 0.5) is 0 Å². The van der Waals surface area contributed by atoms with Gasteiger partial charge in [-0.3, -0.25) is 9.69 Å². The molecule has 1 unspecified atom stereocenters. The number of nitrogens with one attached hydrogen (secondary N) is 1. The van der Waals surface area contributed by atoms with E-state index >= 15 is 0 Å². The van der Waals surface area contributed by atoms with Crippen molar-refractivity contribution < 1.29 is 4.79 Å². The van der Waals surface area contributed by atoms with Crippen LogP contribution in [-0.2, 0) is 11.3 Å². The molecule has 1 amide bonds. The minimum atomic E-state index is 0. The molecule has 0 spiro atoms. The summed E-state index contributed by atoms with van der Waals surface area (Å²) in [5.74, 6) is 0.927. The van der Waals surface area contributed by atoms with Crippen LogP contribution < -0.4 is 5.32 Å². The van der Waals surface area contributed by atoms with Crippen molar-refractivity contribution in [3.05, 3.63) is 35.9 Å². The van der Waals surface area contributed by atoms with Crippen molar-refractivity contribution >= 4 is 30.7 Å². The number of halogens is 2. The molecule has 1 saturated heterocycles. The molecule has 6 heteroatoms. The third-order valence-electron chi connectivity index (χ3n) is 4.65. The van der Waals surface area contributed by atoms with Gasteiger partial charge in [0.2, 0.25) is 5.91 Å². The number of hydrogen-bond acceptors (Lipinski definition) is 3. The summed E-state index contributed by atoms with van der Waals surface area (Å²) in [7, 11) is 1.93. The number of benzene rings is 1. The first-order valence-corrected chi connectivity index (χ1v) is 8.91. The van der Waals surface area contributed by atoms with Gasteiger partial charge in [0.25, 0.3) is 0 Å². The van der Waals surface area contributed by atoms with E-state index in [9.17, 15) is 4.79 Å². The Balaban J connectivity index is 0.00000288. The molecular formula is C19H33Cl2N3O. The van der Waals surface area contributed by atoms with E-state index in [0.717, 1.165) is 45.7 Å². The number of hydrogen-bond donors (Lipinski definition) is 1. The molecule has 0 radical (unpaired) electrons. The molecule has 2 rings (SSSR count). The maximum Gasteiger partial charge on any atom is 0.222 e. The van der Waals surface area contributed by atoms with Gasteiger partial charge in [0.05, 0.1) is 0 Å². The van der Waals surface area contributed by atoms with E-state index in [4.69, 9.17) is 0 Å². The molecule has 1 N–H and O–H groups in total. The summed E-state index contributed by atoms with van der Waals surface area (Å²) < 4.78 is 0. The first-order valence-electron chi connectivity index (χ1n) is 8.91. The number of nitrogens with zero attached hydrogens (tertiary/aromatic N) is 2. The van der Waals surface area contributed by atoms with Crippen LogP contribution in [0.25, 0.3) is 0 Å². The van der Waals surface area contributed by atoms with Gasteiger partial charge in [-0.25, -0.2) is 0 Å². The van der Waals surface area contributed by atoms with Gasteiger partial charge in [0.15, 0.2) is 0 Å². The lowest BCUT2D eigenvalue weighted by molar-refractivity contribution is -0.131. The zero-order chi connectivity index (χ0) is 16.5. The second-order valence-corrected chi connectivity index (χ2v) is 6.51. The van der Waals surface area contributed by atoms with E-state index in [1.807, 2.05) is 11.9 Å². The molecule has 1 heterocycles. The van der Waals surface area contributed by atoms with Crippen molar-refractivity contribution in [1.82, 2.24) is 15.1 Å². The number of rotatable bonds is 9. The van der Waals surface area contributed by atoms with E-state index in [-0.39, 0.29) is 24.8 Å². The van der Waals surface area contributed by atoms with Crippen molar-refractivity contribution in [3.8, 4) is 0 Å². The summed E-state index contributed by atoms with van der Waals surface area (Å²) in [6.45, 7) is 8.03. The molecule has 1 aromatic rings. The van der Waals surface area contributed by atoms with Crippen molar-refractivity contribution in [2.75, 3.05) is 39.8 Å². The smallest absolute Gasteiger partial charge is 0.222 e. The predicted molar refractivity (Wildman–Crippen MR) is 110 cm³/mol. The highest BCUT2D eigenvalue weighted by atomic mass is 35.5. The molecule has 0 saturated carbocycles. The minimum absolute atomic E-state index is 0. The normalized spacial score (nSPS) is 16.8. The van der Waals surface area contributed by atoms with E-state index < -0.39 is 0 Å². The Morgan fingerprint density at radius 2 is 2.00 bits per heavy atom. The molecule has 0 bridgehead atoms. The lowest BCUT2D eigenvalue weighted by atomic mass is 10.1. The van der Waals surface area contributed by atoms with Gasteiger partial charge < -0.3 is 10.2 Å². The monoisotopic (exact) mass is 389 g/mol. The van der Waals surface area contributed by atoms with E-state index in [0.29, 0.717) is 18.2 Å². The second kappa shape index (κ2) is 13.4. The average molecular weight is 390 g/mol. The Labute approximate surface area is 165 Å². The fraction of sp³-hybridized carbons (Fsp3) is 0.632. The molecule has 0 aliphatic carbocycles. The van der Waals surface area contributed by atoms with Gasteiger partial charge in [0, 0.05) is 32.6 Å². The third kappa shape index (κ3) is 8.41. The SMILES string of the molecule is CCN(CC1CCN(Cc2ccccc2)C1)C(=O)CCCNC.Cl.Cl. The van der Waals surface area contributed by atoms with Crippen LogP contribution in [0.2, 0.25) is 0 Å². The zero-order valence-electron chi connectivity index (χ0n) is 15.4. The fourth-order valence-electron chi connectivity index (χ4n) is 3.34. The predicted octanol–water partition coefficient (Wildman–Crippen LogP) is 3.20. The van der Waals surface area contributed by atoms with Gasteiger partial charge in [-0.15, -0.1) is 24.8 Å². The summed E-state index contributed by atoms with van der Waals surface area (Å²) in [6, 6.07) is 10.7. The first-order chi connectivity index (χ1) is 11.2.